The molecule has 0 saturated heterocycles. The smallest absolute Gasteiger partial charge is 0.142 e. The standard InChI is InChI=1S/C17H17NO2S/c19-9-3-5-14-11-15(21-13-14)12-18-8-4-10-20-17-7-2-1-6-16(17)18/h1-2,6-7,11,13,19H,4,8-10,12H2. The molecule has 0 bridgehead atoms. The van der Waals surface area contributed by atoms with Crippen molar-refractivity contribution in [2.24, 2.45) is 0 Å². The number of ether oxygens (including phenoxy) is 1. The summed E-state index contributed by atoms with van der Waals surface area (Å²) < 4.78 is 5.79. The van der Waals surface area contributed by atoms with Crippen molar-refractivity contribution in [2.75, 3.05) is 24.7 Å². The Morgan fingerprint density at radius 2 is 2.24 bits per heavy atom. The Morgan fingerprint density at radius 1 is 1.33 bits per heavy atom. The quantitative estimate of drug-likeness (QED) is 0.866. The second-order valence-corrected chi connectivity index (χ2v) is 5.85. The van der Waals surface area contributed by atoms with Crippen LogP contribution in [-0.4, -0.2) is 24.9 Å². The van der Waals surface area contributed by atoms with Crippen LogP contribution in [0.3, 0.4) is 0 Å². The summed E-state index contributed by atoms with van der Waals surface area (Å²) in [7, 11) is 0. The van der Waals surface area contributed by atoms with Gasteiger partial charge < -0.3 is 14.7 Å². The summed E-state index contributed by atoms with van der Waals surface area (Å²) in [6.45, 7) is 2.53. The van der Waals surface area contributed by atoms with Crippen molar-refractivity contribution in [3.8, 4) is 17.6 Å². The summed E-state index contributed by atoms with van der Waals surface area (Å²) in [5.41, 5.74) is 2.13. The van der Waals surface area contributed by atoms with Crippen LogP contribution in [0.1, 0.15) is 16.9 Å². The topological polar surface area (TPSA) is 32.7 Å². The van der Waals surface area contributed by atoms with Gasteiger partial charge in [0.25, 0.3) is 0 Å². The third-order valence-electron chi connectivity index (χ3n) is 3.35. The minimum absolute atomic E-state index is 0.0952. The predicted octanol–water partition coefficient (Wildman–Crippen LogP) is 2.88. The number of fused-ring (bicyclic) bond motifs is 1. The van der Waals surface area contributed by atoms with Crippen LogP contribution >= 0.6 is 11.3 Å². The summed E-state index contributed by atoms with van der Waals surface area (Å²) in [5, 5.41) is 10.8. The van der Waals surface area contributed by atoms with E-state index in [0.717, 1.165) is 43.1 Å². The van der Waals surface area contributed by atoms with Gasteiger partial charge in [0.2, 0.25) is 0 Å². The third-order valence-corrected chi connectivity index (χ3v) is 4.27. The molecule has 0 fully saturated rings. The van der Waals surface area contributed by atoms with Crippen molar-refractivity contribution in [2.45, 2.75) is 13.0 Å². The van der Waals surface area contributed by atoms with Gasteiger partial charge >= 0.3 is 0 Å². The Morgan fingerprint density at radius 3 is 3.14 bits per heavy atom. The van der Waals surface area contributed by atoms with E-state index in [-0.39, 0.29) is 6.61 Å². The van der Waals surface area contributed by atoms with Gasteiger partial charge in [0.05, 0.1) is 18.8 Å². The first-order chi connectivity index (χ1) is 10.4. The molecule has 0 radical (unpaired) electrons. The van der Waals surface area contributed by atoms with E-state index in [0.29, 0.717) is 0 Å². The zero-order valence-corrected chi connectivity index (χ0v) is 12.5. The van der Waals surface area contributed by atoms with E-state index in [4.69, 9.17) is 9.84 Å². The molecule has 2 aromatic rings. The minimum Gasteiger partial charge on any atom is -0.491 e. The second kappa shape index (κ2) is 6.66. The van der Waals surface area contributed by atoms with Crippen LogP contribution in [-0.2, 0) is 6.54 Å². The maximum absolute atomic E-state index is 8.74. The fourth-order valence-electron chi connectivity index (χ4n) is 2.42. The molecule has 1 aromatic carbocycles. The van der Waals surface area contributed by atoms with Gasteiger partial charge in [0, 0.05) is 22.4 Å². The number of aliphatic hydroxyl groups is 1. The molecule has 1 N–H and O–H groups in total. The molecule has 0 aliphatic carbocycles. The van der Waals surface area contributed by atoms with Gasteiger partial charge in [-0.3, -0.25) is 0 Å². The van der Waals surface area contributed by atoms with Crippen molar-refractivity contribution in [1.82, 2.24) is 0 Å². The van der Waals surface area contributed by atoms with Crippen molar-refractivity contribution >= 4 is 17.0 Å². The molecule has 0 unspecified atom stereocenters. The molecule has 3 nitrogen and oxygen atoms in total. The highest BCUT2D eigenvalue weighted by molar-refractivity contribution is 7.10. The lowest BCUT2D eigenvalue weighted by Gasteiger charge is -2.22. The molecule has 108 valence electrons. The molecule has 2 heterocycles. The van der Waals surface area contributed by atoms with E-state index in [2.05, 4.69) is 28.9 Å². The zero-order valence-electron chi connectivity index (χ0n) is 11.7. The van der Waals surface area contributed by atoms with Crippen LogP contribution in [0.2, 0.25) is 0 Å². The van der Waals surface area contributed by atoms with Crippen molar-refractivity contribution in [1.29, 1.82) is 0 Å². The number of anilines is 1. The number of benzene rings is 1. The fourth-order valence-corrected chi connectivity index (χ4v) is 3.25. The first-order valence-electron chi connectivity index (χ1n) is 7.01. The number of hydrogen-bond donors (Lipinski definition) is 1. The van der Waals surface area contributed by atoms with Gasteiger partial charge in [-0.1, -0.05) is 24.0 Å². The number of aliphatic hydroxyl groups excluding tert-OH is 1. The molecule has 1 aliphatic heterocycles. The fraction of sp³-hybridized carbons (Fsp3) is 0.294. The van der Waals surface area contributed by atoms with E-state index in [1.54, 1.807) is 11.3 Å². The Bertz CT molecular complexity index is 669. The first-order valence-corrected chi connectivity index (χ1v) is 7.89. The summed E-state index contributed by atoms with van der Waals surface area (Å²) in [5.74, 6) is 6.60. The Labute approximate surface area is 128 Å². The Kier molecular flexibility index (Phi) is 4.44. The Hall–Kier alpha value is -1.96. The van der Waals surface area contributed by atoms with Gasteiger partial charge in [-0.05, 0) is 24.6 Å². The molecule has 0 amide bonds. The maximum atomic E-state index is 8.74. The lowest BCUT2D eigenvalue weighted by atomic mass is 10.2. The molecule has 0 saturated carbocycles. The number of rotatable bonds is 2. The van der Waals surface area contributed by atoms with Crippen LogP contribution in [0.4, 0.5) is 5.69 Å². The van der Waals surface area contributed by atoms with Crippen molar-refractivity contribution in [3.63, 3.8) is 0 Å². The number of thiophene rings is 1. The monoisotopic (exact) mass is 299 g/mol. The van der Waals surface area contributed by atoms with Crippen LogP contribution in [0.25, 0.3) is 0 Å². The van der Waals surface area contributed by atoms with Crippen LogP contribution in [0.5, 0.6) is 5.75 Å². The summed E-state index contributed by atoms with van der Waals surface area (Å²) in [6, 6.07) is 10.3. The van der Waals surface area contributed by atoms with E-state index >= 15 is 0 Å². The van der Waals surface area contributed by atoms with Crippen LogP contribution < -0.4 is 9.64 Å². The molecular formula is C17H17NO2S. The molecule has 0 spiro atoms. The summed E-state index contributed by atoms with van der Waals surface area (Å²) in [4.78, 5) is 3.63. The lowest BCUT2D eigenvalue weighted by molar-refractivity contribution is 0.322. The van der Waals surface area contributed by atoms with E-state index in [1.165, 1.54) is 4.88 Å². The summed E-state index contributed by atoms with van der Waals surface area (Å²) >= 11 is 1.71. The van der Waals surface area contributed by atoms with Crippen molar-refractivity contribution < 1.29 is 9.84 Å². The highest BCUT2D eigenvalue weighted by Crippen LogP contribution is 2.32. The van der Waals surface area contributed by atoms with Gasteiger partial charge in [0.15, 0.2) is 0 Å². The molecule has 0 atom stereocenters. The first kappa shape index (κ1) is 14.0. The summed E-state index contributed by atoms with van der Waals surface area (Å²) in [6.07, 6.45) is 1.03. The second-order valence-electron chi connectivity index (χ2n) is 4.85. The molecular weight excluding hydrogens is 282 g/mol. The largest absolute Gasteiger partial charge is 0.491 e. The highest BCUT2D eigenvalue weighted by atomic mass is 32.1. The molecule has 4 heteroatoms. The number of nitrogens with zero attached hydrogens (tertiary/aromatic N) is 1. The van der Waals surface area contributed by atoms with Gasteiger partial charge in [-0.2, -0.15) is 0 Å². The molecule has 21 heavy (non-hydrogen) atoms. The Balaban J connectivity index is 1.79. The normalized spacial score (nSPS) is 13.7. The zero-order chi connectivity index (χ0) is 14.5. The SMILES string of the molecule is OCC#Cc1csc(CN2CCCOc3ccccc32)c1. The average Bonchev–Trinajstić information content (AvgIpc) is 2.86. The lowest BCUT2D eigenvalue weighted by Crippen LogP contribution is -2.22. The molecule has 3 rings (SSSR count). The van der Waals surface area contributed by atoms with E-state index in [9.17, 15) is 0 Å². The van der Waals surface area contributed by atoms with Crippen LogP contribution in [0.15, 0.2) is 35.7 Å². The maximum Gasteiger partial charge on any atom is 0.142 e. The van der Waals surface area contributed by atoms with E-state index < -0.39 is 0 Å². The van der Waals surface area contributed by atoms with Crippen molar-refractivity contribution in [3.05, 3.63) is 46.2 Å². The molecule has 1 aliphatic rings. The number of para-hydroxylation sites is 2. The van der Waals surface area contributed by atoms with E-state index in [1.807, 2.05) is 23.6 Å². The third kappa shape index (κ3) is 3.38. The predicted molar refractivity (Wildman–Crippen MR) is 85.9 cm³/mol. The average molecular weight is 299 g/mol. The van der Waals surface area contributed by atoms with Crippen LogP contribution in [0, 0.1) is 11.8 Å². The minimum atomic E-state index is -0.0952. The van der Waals surface area contributed by atoms with Gasteiger partial charge in [-0.25, -0.2) is 0 Å². The molecule has 1 aromatic heterocycles. The van der Waals surface area contributed by atoms with Gasteiger partial charge in [-0.15, -0.1) is 11.3 Å². The van der Waals surface area contributed by atoms with Gasteiger partial charge in [0.1, 0.15) is 12.4 Å². The highest BCUT2D eigenvalue weighted by Gasteiger charge is 2.16. The number of hydrogen-bond acceptors (Lipinski definition) is 4.